The lowest BCUT2D eigenvalue weighted by molar-refractivity contribution is -0.132. The number of ether oxygens (including phenoxy) is 1. The highest BCUT2D eigenvalue weighted by Gasteiger charge is 2.43. The normalized spacial score (nSPS) is 27.6. The zero-order chi connectivity index (χ0) is 17.2. The second kappa shape index (κ2) is 7.16. The fourth-order valence-corrected chi connectivity index (χ4v) is 4.20. The number of sulfonamides is 1. The van der Waals surface area contributed by atoms with Gasteiger partial charge >= 0.3 is 0 Å². The van der Waals surface area contributed by atoms with Gasteiger partial charge in [0.05, 0.1) is 12.4 Å². The summed E-state index contributed by atoms with van der Waals surface area (Å²) < 4.78 is 30.6. The van der Waals surface area contributed by atoms with Crippen molar-refractivity contribution in [2.75, 3.05) is 25.9 Å². The topological polar surface area (TPSA) is 88.6 Å². The van der Waals surface area contributed by atoms with Crippen LogP contribution in [0, 0.1) is 5.92 Å². The monoisotopic (exact) mass is 353 g/mol. The fraction of sp³-hybridized carbons (Fsp3) is 0.625. The van der Waals surface area contributed by atoms with Gasteiger partial charge in [-0.25, -0.2) is 8.42 Å². The van der Waals surface area contributed by atoms with Crippen molar-refractivity contribution < 1.29 is 17.9 Å². The minimum atomic E-state index is -3.20. The fourth-order valence-electron chi connectivity index (χ4n) is 3.35. The molecule has 132 valence electrons. The molecule has 2 aliphatic rings. The zero-order valence-corrected chi connectivity index (χ0v) is 14.5. The largest absolute Gasteiger partial charge is 0.363 e. The quantitative estimate of drug-likeness (QED) is 0.816. The first-order chi connectivity index (χ1) is 11.4. The van der Waals surface area contributed by atoms with Crippen LogP contribution in [0.3, 0.4) is 0 Å². The SMILES string of the molecule is CS(=O)(=O)N1CC[C@H]2C[C@H](C(=O)NCCc3ccccn3)O[C@H]2C1. The summed E-state index contributed by atoms with van der Waals surface area (Å²) in [5.74, 6) is 0.140. The van der Waals surface area contributed by atoms with Crippen LogP contribution in [0.15, 0.2) is 24.4 Å². The van der Waals surface area contributed by atoms with E-state index < -0.39 is 16.1 Å². The Morgan fingerprint density at radius 3 is 3.00 bits per heavy atom. The van der Waals surface area contributed by atoms with Gasteiger partial charge in [-0.1, -0.05) is 6.07 Å². The number of amides is 1. The van der Waals surface area contributed by atoms with E-state index in [4.69, 9.17) is 4.74 Å². The Morgan fingerprint density at radius 1 is 1.46 bits per heavy atom. The summed E-state index contributed by atoms with van der Waals surface area (Å²) in [6, 6.07) is 5.70. The molecule has 3 atom stereocenters. The number of aromatic nitrogens is 1. The molecule has 1 aromatic heterocycles. The van der Waals surface area contributed by atoms with Crippen LogP contribution >= 0.6 is 0 Å². The maximum atomic E-state index is 12.3. The van der Waals surface area contributed by atoms with E-state index in [9.17, 15) is 13.2 Å². The minimum Gasteiger partial charge on any atom is -0.363 e. The number of rotatable bonds is 5. The van der Waals surface area contributed by atoms with E-state index in [1.54, 1.807) is 6.20 Å². The number of carbonyl (C=O) groups is 1. The van der Waals surface area contributed by atoms with Crippen molar-refractivity contribution in [2.45, 2.75) is 31.5 Å². The predicted octanol–water partition coefficient (Wildman–Crippen LogP) is 0.179. The van der Waals surface area contributed by atoms with E-state index in [0.29, 0.717) is 32.5 Å². The summed E-state index contributed by atoms with van der Waals surface area (Å²) in [6.07, 6.45) is 4.36. The van der Waals surface area contributed by atoms with Crippen LogP contribution in [-0.2, 0) is 26.0 Å². The number of nitrogens with zero attached hydrogens (tertiary/aromatic N) is 2. The van der Waals surface area contributed by atoms with E-state index >= 15 is 0 Å². The molecule has 0 radical (unpaired) electrons. The van der Waals surface area contributed by atoms with Gasteiger partial charge in [0, 0.05) is 37.9 Å². The van der Waals surface area contributed by atoms with Crippen molar-refractivity contribution >= 4 is 15.9 Å². The van der Waals surface area contributed by atoms with Crippen LogP contribution in [0.2, 0.25) is 0 Å². The third kappa shape index (κ3) is 4.12. The number of hydrogen-bond donors (Lipinski definition) is 1. The summed E-state index contributed by atoms with van der Waals surface area (Å²) in [7, 11) is -3.20. The molecule has 3 heterocycles. The van der Waals surface area contributed by atoms with Crippen molar-refractivity contribution in [3.63, 3.8) is 0 Å². The molecule has 0 spiro atoms. The summed E-state index contributed by atoms with van der Waals surface area (Å²) in [4.78, 5) is 16.5. The van der Waals surface area contributed by atoms with Crippen molar-refractivity contribution in [1.82, 2.24) is 14.6 Å². The van der Waals surface area contributed by atoms with E-state index in [-0.39, 0.29) is 17.9 Å². The van der Waals surface area contributed by atoms with Crippen molar-refractivity contribution in [3.8, 4) is 0 Å². The average Bonchev–Trinajstić information content (AvgIpc) is 2.98. The molecule has 0 aromatic carbocycles. The summed E-state index contributed by atoms with van der Waals surface area (Å²) >= 11 is 0. The van der Waals surface area contributed by atoms with Crippen LogP contribution in [-0.4, -0.2) is 61.7 Å². The molecule has 7 nitrogen and oxygen atoms in total. The maximum absolute atomic E-state index is 12.3. The number of hydrogen-bond acceptors (Lipinski definition) is 5. The number of piperidine rings is 1. The second-order valence-corrected chi connectivity index (χ2v) is 8.41. The molecular formula is C16H23N3O4S. The number of carbonyl (C=O) groups excluding carboxylic acids is 1. The maximum Gasteiger partial charge on any atom is 0.249 e. The average molecular weight is 353 g/mol. The lowest BCUT2D eigenvalue weighted by atomic mass is 9.93. The zero-order valence-electron chi connectivity index (χ0n) is 13.7. The van der Waals surface area contributed by atoms with E-state index in [0.717, 1.165) is 12.1 Å². The first-order valence-electron chi connectivity index (χ1n) is 8.21. The smallest absolute Gasteiger partial charge is 0.249 e. The first-order valence-corrected chi connectivity index (χ1v) is 10.1. The van der Waals surface area contributed by atoms with Crippen LogP contribution in [0.5, 0.6) is 0 Å². The van der Waals surface area contributed by atoms with Crippen molar-refractivity contribution in [3.05, 3.63) is 30.1 Å². The first kappa shape index (κ1) is 17.3. The van der Waals surface area contributed by atoms with Crippen LogP contribution in [0.1, 0.15) is 18.5 Å². The molecule has 24 heavy (non-hydrogen) atoms. The number of nitrogens with one attached hydrogen (secondary N) is 1. The Balaban J connectivity index is 1.48. The Bertz CT molecular complexity index is 680. The van der Waals surface area contributed by atoms with Crippen LogP contribution in [0.25, 0.3) is 0 Å². The molecule has 0 aliphatic carbocycles. The molecule has 1 aromatic rings. The molecule has 2 saturated heterocycles. The van der Waals surface area contributed by atoms with Gasteiger partial charge in [-0.3, -0.25) is 9.78 Å². The van der Waals surface area contributed by atoms with Gasteiger partial charge < -0.3 is 10.1 Å². The molecular weight excluding hydrogens is 330 g/mol. The molecule has 0 bridgehead atoms. The minimum absolute atomic E-state index is 0.119. The number of pyridine rings is 1. The molecule has 2 aliphatic heterocycles. The van der Waals surface area contributed by atoms with Gasteiger partial charge in [0.15, 0.2) is 0 Å². The summed E-state index contributed by atoms with van der Waals surface area (Å²) in [5, 5.41) is 2.89. The Hall–Kier alpha value is -1.51. The lowest BCUT2D eigenvalue weighted by Gasteiger charge is -2.32. The lowest BCUT2D eigenvalue weighted by Crippen LogP contribution is -2.45. The summed E-state index contributed by atoms with van der Waals surface area (Å²) in [5.41, 5.74) is 0.933. The molecule has 0 unspecified atom stereocenters. The van der Waals surface area contributed by atoms with Crippen molar-refractivity contribution in [2.24, 2.45) is 5.92 Å². The molecule has 1 N–H and O–H groups in total. The highest BCUT2D eigenvalue weighted by Crippen LogP contribution is 2.33. The highest BCUT2D eigenvalue weighted by atomic mass is 32.2. The molecule has 1 amide bonds. The van der Waals surface area contributed by atoms with Gasteiger partial charge in [0.2, 0.25) is 15.9 Å². The van der Waals surface area contributed by atoms with Crippen LogP contribution < -0.4 is 5.32 Å². The number of fused-ring (bicyclic) bond motifs is 1. The van der Waals surface area contributed by atoms with Crippen LogP contribution in [0.4, 0.5) is 0 Å². The molecule has 8 heteroatoms. The second-order valence-electron chi connectivity index (χ2n) is 6.43. The van der Waals surface area contributed by atoms with E-state index in [1.165, 1.54) is 10.6 Å². The van der Waals surface area contributed by atoms with Gasteiger partial charge in [0.25, 0.3) is 0 Å². The third-order valence-corrected chi connectivity index (χ3v) is 5.95. The Kier molecular flexibility index (Phi) is 5.17. The standard InChI is InChI=1S/C16H23N3O4S/c1-24(21,22)19-9-6-12-10-14(23-15(12)11-19)16(20)18-8-5-13-4-2-3-7-17-13/h2-4,7,12,14-15H,5-6,8-11H2,1H3,(H,18,20)/t12-,14+,15-/m0/s1. The van der Waals surface area contributed by atoms with Gasteiger partial charge in [-0.2, -0.15) is 4.31 Å². The Morgan fingerprint density at radius 2 is 2.29 bits per heavy atom. The molecule has 2 fully saturated rings. The van der Waals surface area contributed by atoms with Crippen molar-refractivity contribution in [1.29, 1.82) is 0 Å². The van der Waals surface area contributed by atoms with Gasteiger partial charge in [-0.15, -0.1) is 0 Å². The van der Waals surface area contributed by atoms with E-state index in [2.05, 4.69) is 10.3 Å². The molecule has 0 saturated carbocycles. The molecule has 3 rings (SSSR count). The van der Waals surface area contributed by atoms with Gasteiger partial charge in [0.1, 0.15) is 6.10 Å². The van der Waals surface area contributed by atoms with E-state index in [1.807, 2.05) is 18.2 Å². The Labute approximate surface area is 142 Å². The predicted molar refractivity (Wildman–Crippen MR) is 88.8 cm³/mol. The third-order valence-electron chi connectivity index (χ3n) is 4.68. The summed E-state index contributed by atoms with van der Waals surface area (Å²) in [6.45, 7) is 1.37. The highest BCUT2D eigenvalue weighted by molar-refractivity contribution is 7.88. The van der Waals surface area contributed by atoms with Gasteiger partial charge in [-0.05, 0) is 30.9 Å².